The molecular formula is C14H19N3. The molecule has 0 aliphatic heterocycles. The molecule has 1 aromatic heterocycles. The van der Waals surface area contributed by atoms with Gasteiger partial charge in [0.1, 0.15) is 0 Å². The Kier molecular flexibility index (Phi) is 3.59. The Morgan fingerprint density at radius 1 is 1.06 bits per heavy atom. The third-order valence-electron chi connectivity index (χ3n) is 3.02. The monoisotopic (exact) mass is 229 g/mol. The molecule has 0 saturated carbocycles. The highest BCUT2D eigenvalue weighted by atomic mass is 15.2. The molecule has 0 bridgehead atoms. The normalized spacial score (nSPS) is 14.5. The van der Waals surface area contributed by atoms with Gasteiger partial charge in [0.05, 0.1) is 6.20 Å². The minimum Gasteiger partial charge on any atom is -0.304 e. The van der Waals surface area contributed by atoms with Crippen LogP contribution < -0.4 is 5.32 Å². The lowest BCUT2D eigenvalue weighted by atomic mass is 10.1. The lowest BCUT2D eigenvalue weighted by Gasteiger charge is -2.19. The summed E-state index contributed by atoms with van der Waals surface area (Å²) in [4.78, 5) is 0. The van der Waals surface area contributed by atoms with Crippen molar-refractivity contribution in [3.8, 4) is 0 Å². The first-order valence-electron chi connectivity index (χ1n) is 5.96. The Hall–Kier alpha value is -1.61. The Morgan fingerprint density at radius 3 is 2.29 bits per heavy atom. The number of hydrogen-bond donors (Lipinski definition) is 1. The molecule has 1 aromatic carbocycles. The summed E-state index contributed by atoms with van der Waals surface area (Å²) >= 11 is 0. The molecule has 3 nitrogen and oxygen atoms in total. The molecule has 0 spiro atoms. The van der Waals surface area contributed by atoms with E-state index in [9.17, 15) is 0 Å². The van der Waals surface area contributed by atoms with Crippen molar-refractivity contribution >= 4 is 0 Å². The molecular weight excluding hydrogens is 210 g/mol. The number of nitrogens with one attached hydrogen (secondary N) is 1. The number of aryl methyl sites for hydroxylation is 1. The zero-order valence-electron chi connectivity index (χ0n) is 10.6. The van der Waals surface area contributed by atoms with Crippen molar-refractivity contribution in [3.05, 3.63) is 53.9 Å². The van der Waals surface area contributed by atoms with E-state index in [0.29, 0.717) is 12.1 Å². The maximum absolute atomic E-state index is 4.19. The fraction of sp³-hybridized carbons (Fsp3) is 0.357. The Labute approximate surface area is 102 Å². The molecule has 2 atom stereocenters. The Bertz CT molecular complexity index is 461. The Morgan fingerprint density at radius 2 is 1.71 bits per heavy atom. The standard InChI is InChI=1S/C14H19N3/c1-11(13-7-5-4-6-8-13)16-12(2)14-9-15-17(3)10-14/h4-12,16H,1-3H3/t11-,12?/m1/s1. The van der Waals surface area contributed by atoms with Gasteiger partial charge in [0, 0.05) is 30.9 Å². The highest BCUT2D eigenvalue weighted by molar-refractivity contribution is 5.19. The molecule has 0 aliphatic carbocycles. The fourth-order valence-corrected chi connectivity index (χ4v) is 1.97. The number of aromatic nitrogens is 2. The average Bonchev–Trinajstić information content (AvgIpc) is 2.77. The van der Waals surface area contributed by atoms with Crippen LogP contribution in [0.15, 0.2) is 42.7 Å². The van der Waals surface area contributed by atoms with Crippen LogP contribution in [0.2, 0.25) is 0 Å². The molecule has 90 valence electrons. The maximum atomic E-state index is 4.19. The van der Waals surface area contributed by atoms with Gasteiger partial charge in [0.2, 0.25) is 0 Å². The lowest BCUT2D eigenvalue weighted by molar-refractivity contribution is 0.494. The van der Waals surface area contributed by atoms with E-state index in [1.807, 2.05) is 24.0 Å². The molecule has 0 aliphatic rings. The maximum Gasteiger partial charge on any atom is 0.0537 e. The van der Waals surface area contributed by atoms with E-state index in [-0.39, 0.29) is 0 Å². The summed E-state index contributed by atoms with van der Waals surface area (Å²) in [7, 11) is 1.94. The minimum absolute atomic E-state index is 0.305. The molecule has 1 N–H and O–H groups in total. The van der Waals surface area contributed by atoms with E-state index in [2.05, 4.69) is 54.7 Å². The van der Waals surface area contributed by atoms with Crippen molar-refractivity contribution < 1.29 is 0 Å². The molecule has 2 rings (SSSR count). The zero-order valence-corrected chi connectivity index (χ0v) is 10.6. The van der Waals surface area contributed by atoms with Crippen LogP contribution in [0.25, 0.3) is 0 Å². The molecule has 1 unspecified atom stereocenters. The second kappa shape index (κ2) is 5.15. The second-order valence-electron chi connectivity index (χ2n) is 4.47. The van der Waals surface area contributed by atoms with E-state index in [1.54, 1.807) is 0 Å². The largest absolute Gasteiger partial charge is 0.304 e. The molecule has 17 heavy (non-hydrogen) atoms. The van der Waals surface area contributed by atoms with Gasteiger partial charge in [-0.05, 0) is 19.4 Å². The first-order valence-corrected chi connectivity index (χ1v) is 5.96. The highest BCUT2D eigenvalue weighted by Gasteiger charge is 2.11. The fourth-order valence-electron chi connectivity index (χ4n) is 1.97. The van der Waals surface area contributed by atoms with Crippen molar-refractivity contribution in [3.63, 3.8) is 0 Å². The summed E-state index contributed by atoms with van der Waals surface area (Å²) < 4.78 is 1.83. The summed E-state index contributed by atoms with van der Waals surface area (Å²) in [6, 6.07) is 11.1. The van der Waals surface area contributed by atoms with Gasteiger partial charge in [-0.1, -0.05) is 30.3 Å². The van der Waals surface area contributed by atoms with Gasteiger partial charge in [-0.25, -0.2) is 0 Å². The van der Waals surface area contributed by atoms with Crippen molar-refractivity contribution in [2.24, 2.45) is 7.05 Å². The molecule has 0 amide bonds. The average molecular weight is 229 g/mol. The van der Waals surface area contributed by atoms with Crippen LogP contribution in [-0.4, -0.2) is 9.78 Å². The van der Waals surface area contributed by atoms with Crippen LogP contribution in [0, 0.1) is 0 Å². The van der Waals surface area contributed by atoms with E-state index in [1.165, 1.54) is 11.1 Å². The van der Waals surface area contributed by atoms with Gasteiger partial charge in [0.15, 0.2) is 0 Å². The first-order chi connectivity index (χ1) is 8.16. The lowest BCUT2D eigenvalue weighted by Crippen LogP contribution is -2.22. The van der Waals surface area contributed by atoms with Crippen LogP contribution in [0.1, 0.15) is 37.1 Å². The van der Waals surface area contributed by atoms with Gasteiger partial charge in [-0.2, -0.15) is 5.10 Å². The van der Waals surface area contributed by atoms with Crippen molar-refractivity contribution in [2.75, 3.05) is 0 Å². The van der Waals surface area contributed by atoms with Crippen molar-refractivity contribution in [2.45, 2.75) is 25.9 Å². The smallest absolute Gasteiger partial charge is 0.0537 e. The predicted molar refractivity (Wildman–Crippen MR) is 69.6 cm³/mol. The predicted octanol–water partition coefficient (Wildman–Crippen LogP) is 2.83. The minimum atomic E-state index is 0.305. The third-order valence-corrected chi connectivity index (χ3v) is 3.02. The van der Waals surface area contributed by atoms with Crippen LogP contribution in [0.5, 0.6) is 0 Å². The number of nitrogens with zero attached hydrogens (tertiary/aromatic N) is 2. The van der Waals surface area contributed by atoms with Crippen LogP contribution >= 0.6 is 0 Å². The third kappa shape index (κ3) is 2.94. The first kappa shape index (κ1) is 11.9. The van der Waals surface area contributed by atoms with E-state index in [0.717, 1.165) is 0 Å². The van der Waals surface area contributed by atoms with Gasteiger partial charge in [-0.3, -0.25) is 4.68 Å². The Balaban J connectivity index is 2.02. The summed E-state index contributed by atoms with van der Waals surface area (Å²) in [6.07, 6.45) is 3.96. The molecule has 0 radical (unpaired) electrons. The summed E-state index contributed by atoms with van der Waals surface area (Å²) in [5.41, 5.74) is 2.53. The molecule has 0 saturated heterocycles. The van der Waals surface area contributed by atoms with Crippen LogP contribution in [-0.2, 0) is 7.05 Å². The zero-order chi connectivity index (χ0) is 12.3. The highest BCUT2D eigenvalue weighted by Crippen LogP contribution is 2.18. The van der Waals surface area contributed by atoms with Gasteiger partial charge in [-0.15, -0.1) is 0 Å². The SMILES string of the molecule is CC(N[C@H](C)c1ccccc1)c1cnn(C)c1. The van der Waals surface area contributed by atoms with Crippen molar-refractivity contribution in [1.29, 1.82) is 0 Å². The van der Waals surface area contributed by atoms with Crippen molar-refractivity contribution in [1.82, 2.24) is 15.1 Å². The summed E-state index contributed by atoms with van der Waals surface area (Å²) in [5.74, 6) is 0. The van der Waals surface area contributed by atoms with Crippen LogP contribution in [0.3, 0.4) is 0 Å². The van der Waals surface area contributed by atoms with Gasteiger partial charge >= 0.3 is 0 Å². The van der Waals surface area contributed by atoms with Crippen LogP contribution in [0.4, 0.5) is 0 Å². The van der Waals surface area contributed by atoms with E-state index in [4.69, 9.17) is 0 Å². The second-order valence-corrected chi connectivity index (χ2v) is 4.47. The summed E-state index contributed by atoms with van der Waals surface area (Å²) in [5, 5.41) is 7.77. The topological polar surface area (TPSA) is 29.9 Å². The quantitative estimate of drug-likeness (QED) is 0.873. The van der Waals surface area contributed by atoms with Gasteiger partial charge in [0.25, 0.3) is 0 Å². The van der Waals surface area contributed by atoms with E-state index >= 15 is 0 Å². The number of hydrogen-bond acceptors (Lipinski definition) is 2. The number of rotatable bonds is 4. The van der Waals surface area contributed by atoms with E-state index < -0.39 is 0 Å². The number of benzene rings is 1. The molecule has 3 heteroatoms. The molecule has 2 aromatic rings. The summed E-state index contributed by atoms with van der Waals surface area (Å²) in [6.45, 7) is 4.35. The molecule has 1 heterocycles. The molecule has 0 fully saturated rings. The van der Waals surface area contributed by atoms with Gasteiger partial charge < -0.3 is 5.32 Å².